The lowest BCUT2D eigenvalue weighted by molar-refractivity contribution is 0.231. The number of rotatable bonds is 7. The lowest BCUT2D eigenvalue weighted by atomic mass is 10.1. The number of benzene rings is 1. The summed E-state index contributed by atoms with van der Waals surface area (Å²) in [5.74, 6) is 1.27. The van der Waals surface area contributed by atoms with E-state index in [1.165, 1.54) is 0 Å². The van der Waals surface area contributed by atoms with E-state index in [4.69, 9.17) is 4.74 Å². The average molecular weight is 293 g/mol. The second kappa shape index (κ2) is 8.52. The van der Waals surface area contributed by atoms with Crippen molar-refractivity contribution in [2.24, 2.45) is 5.92 Å². The molecule has 118 valence electrons. The van der Waals surface area contributed by atoms with Gasteiger partial charge in [-0.1, -0.05) is 26.0 Å². The van der Waals surface area contributed by atoms with Gasteiger partial charge in [0.25, 0.3) is 0 Å². The predicted molar refractivity (Wildman–Crippen MR) is 85.7 cm³/mol. The van der Waals surface area contributed by atoms with Crippen LogP contribution in [0.3, 0.4) is 0 Å². The second-order valence-electron chi connectivity index (χ2n) is 5.74. The van der Waals surface area contributed by atoms with E-state index in [1.807, 2.05) is 38.4 Å². The normalized spacial score (nSPS) is 12.3. The molecule has 1 aromatic carbocycles. The number of nitrogens with one attached hydrogen (secondary N) is 2. The average Bonchev–Trinajstić information content (AvgIpc) is 2.45. The van der Waals surface area contributed by atoms with Crippen LogP contribution in [0.25, 0.3) is 0 Å². The first-order valence-electron chi connectivity index (χ1n) is 7.26. The van der Waals surface area contributed by atoms with Crippen LogP contribution in [0, 0.1) is 5.92 Å². The van der Waals surface area contributed by atoms with Crippen molar-refractivity contribution < 1.29 is 9.53 Å². The molecule has 0 aromatic heterocycles. The molecule has 0 spiro atoms. The highest BCUT2D eigenvalue weighted by Gasteiger charge is 2.15. The molecule has 0 saturated carbocycles. The Morgan fingerprint density at radius 3 is 2.48 bits per heavy atom. The largest absolute Gasteiger partial charge is 0.497 e. The molecule has 0 aliphatic rings. The van der Waals surface area contributed by atoms with Crippen molar-refractivity contribution in [3.8, 4) is 5.75 Å². The first-order chi connectivity index (χ1) is 9.93. The van der Waals surface area contributed by atoms with Crippen molar-refractivity contribution >= 4 is 6.03 Å². The number of amides is 2. The number of hydrogen-bond donors (Lipinski definition) is 2. The topological polar surface area (TPSA) is 53.6 Å². The molecule has 1 rings (SSSR count). The molecule has 2 amide bonds. The van der Waals surface area contributed by atoms with E-state index in [2.05, 4.69) is 29.4 Å². The molecule has 5 nitrogen and oxygen atoms in total. The number of hydrogen-bond acceptors (Lipinski definition) is 3. The van der Waals surface area contributed by atoms with E-state index < -0.39 is 0 Å². The van der Waals surface area contributed by atoms with Crippen molar-refractivity contribution in [2.45, 2.75) is 19.9 Å². The molecule has 1 unspecified atom stereocenters. The van der Waals surface area contributed by atoms with E-state index in [0.717, 1.165) is 11.3 Å². The lowest BCUT2D eigenvalue weighted by Gasteiger charge is -2.25. The van der Waals surface area contributed by atoms with Gasteiger partial charge in [0, 0.05) is 13.1 Å². The van der Waals surface area contributed by atoms with Crippen molar-refractivity contribution in [3.63, 3.8) is 0 Å². The Morgan fingerprint density at radius 2 is 1.90 bits per heavy atom. The monoisotopic (exact) mass is 293 g/mol. The molecule has 0 saturated heterocycles. The molecule has 1 aromatic rings. The van der Waals surface area contributed by atoms with Crippen LogP contribution < -0.4 is 15.4 Å². The van der Waals surface area contributed by atoms with Gasteiger partial charge in [0.2, 0.25) is 0 Å². The smallest absolute Gasteiger partial charge is 0.314 e. The van der Waals surface area contributed by atoms with Crippen molar-refractivity contribution in [1.82, 2.24) is 15.5 Å². The minimum absolute atomic E-state index is 0.102. The molecule has 0 heterocycles. The molecular weight excluding hydrogens is 266 g/mol. The fourth-order valence-corrected chi connectivity index (χ4v) is 2.00. The standard InChI is InChI=1S/C16H27N3O2/c1-12(2)10-17-16(20)18-11-15(19(3)4)13-7-6-8-14(9-13)21-5/h6-9,12,15H,10-11H2,1-5H3,(H2,17,18,20). The molecule has 21 heavy (non-hydrogen) atoms. The lowest BCUT2D eigenvalue weighted by Crippen LogP contribution is -2.41. The zero-order valence-electron chi connectivity index (χ0n) is 13.6. The van der Waals surface area contributed by atoms with Gasteiger partial charge in [-0.05, 0) is 37.7 Å². The number of ether oxygens (including phenoxy) is 1. The minimum Gasteiger partial charge on any atom is -0.497 e. The van der Waals surface area contributed by atoms with Crippen LogP contribution in [0.2, 0.25) is 0 Å². The summed E-state index contributed by atoms with van der Waals surface area (Å²) in [4.78, 5) is 13.8. The van der Waals surface area contributed by atoms with Gasteiger partial charge >= 0.3 is 6.03 Å². The maximum Gasteiger partial charge on any atom is 0.314 e. The number of nitrogens with zero attached hydrogens (tertiary/aromatic N) is 1. The van der Waals surface area contributed by atoms with Crippen LogP contribution in [-0.2, 0) is 0 Å². The van der Waals surface area contributed by atoms with E-state index in [1.54, 1.807) is 7.11 Å². The summed E-state index contributed by atoms with van der Waals surface area (Å²) < 4.78 is 5.26. The molecule has 0 fully saturated rings. The minimum atomic E-state index is -0.126. The second-order valence-corrected chi connectivity index (χ2v) is 5.74. The number of likely N-dealkylation sites (N-methyl/N-ethyl adjacent to an activating group) is 1. The summed E-state index contributed by atoms with van der Waals surface area (Å²) in [6.45, 7) is 5.36. The summed E-state index contributed by atoms with van der Waals surface area (Å²) in [5, 5.41) is 5.78. The fraction of sp³-hybridized carbons (Fsp3) is 0.562. The zero-order chi connectivity index (χ0) is 15.8. The van der Waals surface area contributed by atoms with Crippen molar-refractivity contribution in [3.05, 3.63) is 29.8 Å². The summed E-state index contributed by atoms with van der Waals surface area (Å²) in [7, 11) is 5.65. The van der Waals surface area contributed by atoms with Crippen LogP contribution in [-0.4, -0.2) is 45.2 Å². The SMILES string of the molecule is COc1cccc(C(CNC(=O)NCC(C)C)N(C)C)c1. The Hall–Kier alpha value is -1.75. The Bertz CT molecular complexity index is 447. The molecule has 0 aliphatic heterocycles. The highest BCUT2D eigenvalue weighted by Crippen LogP contribution is 2.21. The molecule has 2 N–H and O–H groups in total. The molecule has 1 atom stereocenters. The van der Waals surface area contributed by atoms with Gasteiger partial charge < -0.3 is 20.3 Å². The first-order valence-corrected chi connectivity index (χ1v) is 7.26. The van der Waals surface area contributed by atoms with Gasteiger partial charge in [-0.3, -0.25) is 0 Å². The number of carbonyl (C=O) groups excluding carboxylic acids is 1. The molecular formula is C16H27N3O2. The van der Waals surface area contributed by atoms with Crippen LogP contribution in [0.1, 0.15) is 25.5 Å². The highest BCUT2D eigenvalue weighted by molar-refractivity contribution is 5.73. The van der Waals surface area contributed by atoms with E-state index >= 15 is 0 Å². The Labute approximate surface area is 127 Å². The molecule has 0 radical (unpaired) electrons. The Kier molecular flexibility index (Phi) is 7.02. The number of carbonyl (C=O) groups is 1. The van der Waals surface area contributed by atoms with E-state index in [9.17, 15) is 4.79 Å². The quantitative estimate of drug-likeness (QED) is 0.811. The van der Waals surface area contributed by atoms with E-state index in [0.29, 0.717) is 19.0 Å². The van der Waals surface area contributed by atoms with Crippen LogP contribution in [0.15, 0.2) is 24.3 Å². The maximum absolute atomic E-state index is 11.8. The van der Waals surface area contributed by atoms with Gasteiger partial charge in [-0.15, -0.1) is 0 Å². The third-order valence-electron chi connectivity index (χ3n) is 3.23. The van der Waals surface area contributed by atoms with E-state index in [-0.39, 0.29) is 12.1 Å². The summed E-state index contributed by atoms with van der Waals surface area (Å²) in [6, 6.07) is 7.89. The summed E-state index contributed by atoms with van der Waals surface area (Å²) >= 11 is 0. The van der Waals surface area contributed by atoms with Crippen LogP contribution in [0.4, 0.5) is 4.79 Å². The Morgan fingerprint density at radius 1 is 1.24 bits per heavy atom. The third kappa shape index (κ3) is 6.04. The van der Waals surface area contributed by atoms with Gasteiger partial charge in [-0.2, -0.15) is 0 Å². The van der Waals surface area contributed by atoms with Crippen LogP contribution >= 0.6 is 0 Å². The third-order valence-corrected chi connectivity index (χ3v) is 3.23. The summed E-state index contributed by atoms with van der Waals surface area (Å²) in [5.41, 5.74) is 1.11. The molecule has 0 aliphatic carbocycles. The zero-order valence-corrected chi connectivity index (χ0v) is 13.6. The van der Waals surface area contributed by atoms with Crippen molar-refractivity contribution in [2.75, 3.05) is 34.3 Å². The maximum atomic E-state index is 11.8. The van der Waals surface area contributed by atoms with Gasteiger partial charge in [0.1, 0.15) is 5.75 Å². The first kappa shape index (κ1) is 17.3. The number of urea groups is 1. The fourth-order valence-electron chi connectivity index (χ4n) is 2.00. The molecule has 0 bridgehead atoms. The van der Waals surface area contributed by atoms with Crippen molar-refractivity contribution in [1.29, 1.82) is 0 Å². The van der Waals surface area contributed by atoms with Crippen LogP contribution in [0.5, 0.6) is 5.75 Å². The molecule has 5 heteroatoms. The number of methoxy groups -OCH3 is 1. The Balaban J connectivity index is 2.63. The predicted octanol–water partition coefficient (Wildman–Crippen LogP) is 2.25. The highest BCUT2D eigenvalue weighted by atomic mass is 16.5. The van der Waals surface area contributed by atoms with Gasteiger partial charge in [0.05, 0.1) is 13.2 Å². The summed E-state index contributed by atoms with van der Waals surface area (Å²) in [6.07, 6.45) is 0. The van der Waals surface area contributed by atoms with Gasteiger partial charge in [0.15, 0.2) is 0 Å². The van der Waals surface area contributed by atoms with Gasteiger partial charge in [-0.25, -0.2) is 4.79 Å².